The molecule has 0 saturated carbocycles. The van der Waals surface area contributed by atoms with Gasteiger partial charge in [0.05, 0.1) is 0 Å². The number of aromatic nitrogens is 3. The summed E-state index contributed by atoms with van der Waals surface area (Å²) in [6.07, 6.45) is 0.690. The van der Waals surface area contributed by atoms with Gasteiger partial charge in [0.25, 0.3) is 5.56 Å². The predicted molar refractivity (Wildman–Crippen MR) is 66.9 cm³/mol. The largest absolute Gasteiger partial charge is 0.305 e. The van der Waals surface area contributed by atoms with Gasteiger partial charge in [-0.1, -0.05) is 13.0 Å². The Bertz CT molecular complexity index is 602. The molecule has 88 valence electrons. The quantitative estimate of drug-likeness (QED) is 0.857. The average Bonchev–Trinajstić information content (AvgIpc) is 2.28. The van der Waals surface area contributed by atoms with Gasteiger partial charge in [-0.3, -0.25) is 4.79 Å². The van der Waals surface area contributed by atoms with Gasteiger partial charge in [-0.05, 0) is 32.4 Å². The highest BCUT2D eigenvalue weighted by molar-refractivity contribution is 5.49. The molecule has 2 heterocycles. The van der Waals surface area contributed by atoms with E-state index in [9.17, 15) is 4.79 Å². The summed E-state index contributed by atoms with van der Waals surface area (Å²) in [5, 5.41) is 0. The number of pyridine rings is 1. The van der Waals surface area contributed by atoms with Gasteiger partial charge in [-0.2, -0.15) is 0 Å². The molecule has 4 nitrogen and oxygen atoms in total. The normalized spacial score (nSPS) is 10.5. The molecule has 17 heavy (non-hydrogen) atoms. The van der Waals surface area contributed by atoms with Crippen molar-refractivity contribution in [2.75, 3.05) is 0 Å². The monoisotopic (exact) mass is 229 g/mol. The Morgan fingerprint density at radius 1 is 1.24 bits per heavy atom. The van der Waals surface area contributed by atoms with Crippen LogP contribution in [0.3, 0.4) is 0 Å². The first-order valence-electron chi connectivity index (χ1n) is 5.65. The zero-order valence-electron chi connectivity index (χ0n) is 10.2. The Kier molecular flexibility index (Phi) is 3.04. The molecular formula is C13H15N3O. The van der Waals surface area contributed by atoms with Crippen LogP contribution in [0.5, 0.6) is 0 Å². The van der Waals surface area contributed by atoms with Gasteiger partial charge in [0.15, 0.2) is 5.82 Å². The number of H-pyrrole nitrogens is 1. The fourth-order valence-electron chi connectivity index (χ4n) is 1.82. The lowest BCUT2D eigenvalue weighted by Gasteiger charge is -2.05. The Labute approximate surface area is 99.8 Å². The van der Waals surface area contributed by atoms with Crippen molar-refractivity contribution in [1.82, 2.24) is 15.0 Å². The lowest BCUT2D eigenvalue weighted by Crippen LogP contribution is -2.17. The van der Waals surface area contributed by atoms with Crippen molar-refractivity contribution >= 4 is 0 Å². The van der Waals surface area contributed by atoms with Crippen LogP contribution in [-0.2, 0) is 6.42 Å². The first kappa shape index (κ1) is 11.5. The maximum atomic E-state index is 11.8. The standard InChI is InChI=1S/C13H15N3O/c1-4-10-9(3)15-12(16-13(10)17)11-7-5-6-8(2)14-11/h5-7H,4H2,1-3H3,(H,15,16,17). The summed E-state index contributed by atoms with van der Waals surface area (Å²) in [7, 11) is 0. The second-order valence-electron chi connectivity index (χ2n) is 4.00. The summed E-state index contributed by atoms with van der Waals surface area (Å²) < 4.78 is 0. The predicted octanol–water partition coefficient (Wildman–Crippen LogP) is 2.01. The van der Waals surface area contributed by atoms with Crippen LogP contribution in [0.4, 0.5) is 0 Å². The van der Waals surface area contributed by atoms with Crippen molar-refractivity contribution in [2.24, 2.45) is 0 Å². The van der Waals surface area contributed by atoms with Crippen LogP contribution in [0.2, 0.25) is 0 Å². The SMILES string of the molecule is CCc1c(C)nc(-c2cccc(C)n2)[nH]c1=O. The Morgan fingerprint density at radius 3 is 2.59 bits per heavy atom. The average molecular weight is 229 g/mol. The van der Waals surface area contributed by atoms with E-state index in [1.54, 1.807) is 0 Å². The number of hydrogen-bond acceptors (Lipinski definition) is 3. The van der Waals surface area contributed by atoms with E-state index >= 15 is 0 Å². The first-order chi connectivity index (χ1) is 8.11. The number of aryl methyl sites for hydroxylation is 2. The topological polar surface area (TPSA) is 58.6 Å². The van der Waals surface area contributed by atoms with Gasteiger partial charge in [-0.25, -0.2) is 9.97 Å². The Morgan fingerprint density at radius 2 is 2.00 bits per heavy atom. The molecule has 0 aromatic carbocycles. The zero-order valence-corrected chi connectivity index (χ0v) is 10.2. The number of rotatable bonds is 2. The van der Waals surface area contributed by atoms with Crippen LogP contribution in [0.15, 0.2) is 23.0 Å². The highest BCUT2D eigenvalue weighted by atomic mass is 16.1. The van der Waals surface area contributed by atoms with Gasteiger partial charge in [0, 0.05) is 17.0 Å². The van der Waals surface area contributed by atoms with Gasteiger partial charge >= 0.3 is 0 Å². The summed E-state index contributed by atoms with van der Waals surface area (Å²) >= 11 is 0. The van der Waals surface area contributed by atoms with E-state index in [4.69, 9.17) is 0 Å². The van der Waals surface area contributed by atoms with Crippen LogP contribution >= 0.6 is 0 Å². The van der Waals surface area contributed by atoms with Gasteiger partial charge in [0.1, 0.15) is 5.69 Å². The second kappa shape index (κ2) is 4.49. The molecule has 0 amide bonds. The fourth-order valence-corrected chi connectivity index (χ4v) is 1.82. The molecule has 0 fully saturated rings. The van der Waals surface area contributed by atoms with Crippen LogP contribution in [0, 0.1) is 13.8 Å². The van der Waals surface area contributed by atoms with E-state index in [0.717, 1.165) is 17.0 Å². The highest BCUT2D eigenvalue weighted by Crippen LogP contribution is 2.12. The van der Waals surface area contributed by atoms with Crippen molar-refractivity contribution in [3.05, 3.63) is 45.5 Å². The van der Waals surface area contributed by atoms with Crippen LogP contribution in [-0.4, -0.2) is 15.0 Å². The zero-order chi connectivity index (χ0) is 12.4. The summed E-state index contributed by atoms with van der Waals surface area (Å²) in [5.41, 5.74) is 3.05. The smallest absolute Gasteiger partial charge is 0.254 e. The molecule has 0 radical (unpaired) electrons. The lowest BCUT2D eigenvalue weighted by molar-refractivity contribution is 0.959. The molecule has 0 unspecified atom stereocenters. The number of hydrogen-bond donors (Lipinski definition) is 1. The van der Waals surface area contributed by atoms with Crippen molar-refractivity contribution in [3.63, 3.8) is 0 Å². The third-order valence-corrected chi connectivity index (χ3v) is 2.71. The first-order valence-corrected chi connectivity index (χ1v) is 5.65. The number of nitrogens with one attached hydrogen (secondary N) is 1. The van der Waals surface area contributed by atoms with Gasteiger partial charge in [0.2, 0.25) is 0 Å². The third kappa shape index (κ3) is 2.25. The van der Waals surface area contributed by atoms with Gasteiger partial charge in [-0.15, -0.1) is 0 Å². The molecule has 0 aliphatic heterocycles. The van der Waals surface area contributed by atoms with Crippen LogP contribution in [0.25, 0.3) is 11.5 Å². The summed E-state index contributed by atoms with van der Waals surface area (Å²) in [4.78, 5) is 23.4. The summed E-state index contributed by atoms with van der Waals surface area (Å²) in [5.74, 6) is 0.536. The van der Waals surface area contributed by atoms with Crippen molar-refractivity contribution in [3.8, 4) is 11.5 Å². The maximum absolute atomic E-state index is 11.8. The molecular weight excluding hydrogens is 214 g/mol. The van der Waals surface area contributed by atoms with Crippen molar-refractivity contribution < 1.29 is 0 Å². The maximum Gasteiger partial charge on any atom is 0.254 e. The van der Waals surface area contributed by atoms with E-state index in [1.165, 1.54) is 0 Å². The molecule has 4 heteroatoms. The van der Waals surface area contributed by atoms with Crippen LogP contribution < -0.4 is 5.56 Å². The van der Waals surface area contributed by atoms with E-state index in [-0.39, 0.29) is 5.56 Å². The van der Waals surface area contributed by atoms with E-state index in [2.05, 4.69) is 15.0 Å². The Balaban J connectivity index is 2.58. The fraction of sp³-hybridized carbons (Fsp3) is 0.308. The molecule has 2 rings (SSSR count). The van der Waals surface area contributed by atoms with Crippen molar-refractivity contribution in [2.45, 2.75) is 27.2 Å². The molecule has 0 spiro atoms. The molecule has 2 aromatic rings. The number of aromatic amines is 1. The van der Waals surface area contributed by atoms with E-state index in [1.807, 2.05) is 39.0 Å². The Hall–Kier alpha value is -1.97. The summed E-state index contributed by atoms with van der Waals surface area (Å²) in [6, 6.07) is 5.66. The van der Waals surface area contributed by atoms with E-state index in [0.29, 0.717) is 17.9 Å². The van der Waals surface area contributed by atoms with Crippen molar-refractivity contribution in [1.29, 1.82) is 0 Å². The minimum atomic E-state index is -0.0710. The molecule has 0 aliphatic carbocycles. The van der Waals surface area contributed by atoms with Crippen LogP contribution in [0.1, 0.15) is 23.9 Å². The van der Waals surface area contributed by atoms with Gasteiger partial charge < -0.3 is 4.98 Å². The lowest BCUT2D eigenvalue weighted by atomic mass is 10.2. The molecule has 0 bridgehead atoms. The summed E-state index contributed by atoms with van der Waals surface area (Å²) in [6.45, 7) is 5.71. The third-order valence-electron chi connectivity index (χ3n) is 2.71. The molecule has 0 saturated heterocycles. The highest BCUT2D eigenvalue weighted by Gasteiger charge is 2.08. The molecule has 1 N–H and O–H groups in total. The van der Waals surface area contributed by atoms with E-state index < -0.39 is 0 Å². The second-order valence-corrected chi connectivity index (χ2v) is 4.00. The minimum absolute atomic E-state index is 0.0710. The molecule has 0 atom stereocenters. The molecule has 0 aliphatic rings. The number of nitrogens with zero attached hydrogens (tertiary/aromatic N) is 2. The molecule has 2 aromatic heterocycles. The minimum Gasteiger partial charge on any atom is -0.305 e.